The molecule has 3 rings (SSSR count). The van der Waals surface area contributed by atoms with Crippen molar-refractivity contribution in [1.82, 2.24) is 10.6 Å². The Hall–Kier alpha value is -0.380. The molecular formula is C20H36N2O5S. The summed E-state index contributed by atoms with van der Waals surface area (Å²) in [5, 5.41) is 37.1. The van der Waals surface area contributed by atoms with Crippen LogP contribution in [0.1, 0.15) is 46.0 Å². The van der Waals surface area contributed by atoms with E-state index in [4.69, 9.17) is 4.74 Å². The van der Waals surface area contributed by atoms with Crippen LogP contribution >= 0.6 is 11.8 Å². The number of carbonyl (C=O) groups is 1. The molecule has 0 bridgehead atoms. The third-order valence-corrected chi connectivity index (χ3v) is 7.31. The van der Waals surface area contributed by atoms with Crippen LogP contribution in [0.15, 0.2) is 0 Å². The third-order valence-electron chi connectivity index (χ3n) is 6.46. The maximum Gasteiger partial charge on any atom is 0.237 e. The highest BCUT2D eigenvalue weighted by Gasteiger charge is 2.48. The molecule has 162 valence electrons. The van der Waals surface area contributed by atoms with Crippen LogP contribution in [0.3, 0.4) is 0 Å². The fraction of sp³-hybridized carbons (Fsp3) is 0.950. The van der Waals surface area contributed by atoms with Gasteiger partial charge in [0.25, 0.3) is 0 Å². The number of thioether (sulfide) groups is 1. The number of aliphatic hydroxyl groups excluding tert-OH is 3. The van der Waals surface area contributed by atoms with Crippen LogP contribution in [-0.2, 0) is 9.53 Å². The molecule has 8 heteroatoms. The number of ether oxygens (including phenoxy) is 1. The van der Waals surface area contributed by atoms with Crippen LogP contribution < -0.4 is 10.6 Å². The third kappa shape index (κ3) is 5.02. The fourth-order valence-electron chi connectivity index (χ4n) is 4.30. The molecule has 3 fully saturated rings. The van der Waals surface area contributed by atoms with E-state index in [-0.39, 0.29) is 17.9 Å². The van der Waals surface area contributed by atoms with Crippen molar-refractivity contribution in [2.45, 2.75) is 87.9 Å². The molecule has 0 aromatic carbocycles. The van der Waals surface area contributed by atoms with Crippen molar-refractivity contribution in [3.05, 3.63) is 0 Å². The molecule has 0 aromatic rings. The first-order valence-corrected chi connectivity index (χ1v) is 11.9. The Morgan fingerprint density at radius 1 is 1.18 bits per heavy atom. The van der Waals surface area contributed by atoms with E-state index in [0.717, 1.165) is 18.9 Å². The first-order chi connectivity index (χ1) is 13.3. The van der Waals surface area contributed by atoms with E-state index in [1.54, 1.807) is 6.26 Å². The second-order valence-corrected chi connectivity index (χ2v) is 9.91. The Bertz CT molecular complexity index is 531. The Morgan fingerprint density at radius 2 is 1.89 bits per heavy atom. The lowest BCUT2D eigenvalue weighted by Crippen LogP contribution is -2.67. The monoisotopic (exact) mass is 416 g/mol. The highest BCUT2D eigenvalue weighted by Crippen LogP contribution is 2.35. The minimum absolute atomic E-state index is 0.00180. The zero-order chi connectivity index (χ0) is 20.4. The number of aliphatic hydroxyl groups is 3. The zero-order valence-corrected chi connectivity index (χ0v) is 17.9. The van der Waals surface area contributed by atoms with Crippen LogP contribution in [0.2, 0.25) is 0 Å². The average molecular weight is 417 g/mol. The molecule has 2 heterocycles. The zero-order valence-electron chi connectivity index (χ0n) is 17.1. The van der Waals surface area contributed by atoms with Crippen LogP contribution in [0, 0.1) is 17.8 Å². The van der Waals surface area contributed by atoms with E-state index >= 15 is 0 Å². The summed E-state index contributed by atoms with van der Waals surface area (Å²) in [7, 11) is 0. The largest absolute Gasteiger partial charge is 0.388 e. The summed E-state index contributed by atoms with van der Waals surface area (Å²) in [4.78, 5) is 12.9. The van der Waals surface area contributed by atoms with Crippen molar-refractivity contribution in [1.29, 1.82) is 0 Å². The Morgan fingerprint density at radius 3 is 2.43 bits per heavy atom. The molecule has 2 aliphatic heterocycles. The minimum atomic E-state index is -1.30. The van der Waals surface area contributed by atoms with Gasteiger partial charge in [0.05, 0.1) is 12.1 Å². The number of amides is 1. The van der Waals surface area contributed by atoms with Crippen molar-refractivity contribution < 1.29 is 24.9 Å². The predicted octanol–water partition coefficient (Wildman–Crippen LogP) is 0.466. The lowest BCUT2D eigenvalue weighted by molar-refractivity contribution is -0.208. The first kappa shape index (κ1) is 22.3. The summed E-state index contributed by atoms with van der Waals surface area (Å²) in [6.07, 6.45) is 3.55. The van der Waals surface area contributed by atoms with Gasteiger partial charge in [-0.25, -0.2) is 0 Å². The lowest BCUT2D eigenvalue weighted by Gasteiger charge is -2.45. The van der Waals surface area contributed by atoms with Crippen LogP contribution in [0.25, 0.3) is 0 Å². The number of nitrogens with one attached hydrogen (secondary N) is 2. The van der Waals surface area contributed by atoms with E-state index in [0.29, 0.717) is 5.92 Å². The highest BCUT2D eigenvalue weighted by atomic mass is 32.2. The molecule has 1 aliphatic carbocycles. The van der Waals surface area contributed by atoms with Gasteiger partial charge in [-0.15, -0.1) is 11.8 Å². The summed E-state index contributed by atoms with van der Waals surface area (Å²) >= 11 is 1.28. The van der Waals surface area contributed by atoms with Gasteiger partial charge in [0, 0.05) is 6.54 Å². The summed E-state index contributed by atoms with van der Waals surface area (Å²) in [5.41, 5.74) is -0.640. The maximum absolute atomic E-state index is 12.9. The fourth-order valence-corrected chi connectivity index (χ4v) is 4.98. The first-order valence-electron chi connectivity index (χ1n) is 10.6. The molecule has 0 unspecified atom stereocenters. The Labute approximate surface area is 172 Å². The average Bonchev–Trinajstić information content (AvgIpc) is 3.45. The standard InChI is InChI=1S/C20H36N2O5S/c1-10(2)13(18-16(24)15(23)17(25)20(27-18)28-3)22-19(26)14-12(9-21-14)6-4-5-11-7-8-11/h10-18,20-21,23-25H,4-9H2,1-3H3,(H,22,26)/t12-,13+,14-,15-,16+,17+,18+,20+/m0/s1. The molecular weight excluding hydrogens is 380 g/mol. The van der Waals surface area contributed by atoms with Crippen LogP contribution in [0.4, 0.5) is 0 Å². The summed E-state index contributed by atoms with van der Waals surface area (Å²) in [5.74, 6) is 1.21. The van der Waals surface area contributed by atoms with E-state index in [2.05, 4.69) is 10.6 Å². The van der Waals surface area contributed by atoms with E-state index in [1.807, 2.05) is 13.8 Å². The van der Waals surface area contributed by atoms with Gasteiger partial charge in [0.1, 0.15) is 29.9 Å². The molecule has 3 aliphatic rings. The van der Waals surface area contributed by atoms with Gasteiger partial charge in [-0.2, -0.15) is 0 Å². The highest BCUT2D eigenvalue weighted by molar-refractivity contribution is 7.99. The molecule has 5 N–H and O–H groups in total. The Balaban J connectivity index is 1.58. The summed E-state index contributed by atoms with van der Waals surface area (Å²) in [6, 6.07) is -0.651. The van der Waals surface area contributed by atoms with Gasteiger partial charge in [0.15, 0.2) is 0 Å². The van der Waals surface area contributed by atoms with Crippen molar-refractivity contribution in [3.8, 4) is 0 Å². The number of hydrogen-bond acceptors (Lipinski definition) is 7. The van der Waals surface area contributed by atoms with Gasteiger partial charge in [0.2, 0.25) is 5.91 Å². The second kappa shape index (κ2) is 9.62. The SMILES string of the molecule is CS[C@H]1O[C@H]([C@H](NC(=O)[C@H]2NC[C@@H]2CCCC2CC2)C(C)C)[C@H](O)[C@H](O)[C@H]1O. The second-order valence-electron chi connectivity index (χ2n) is 8.98. The minimum Gasteiger partial charge on any atom is -0.388 e. The summed E-state index contributed by atoms with van der Waals surface area (Å²) < 4.78 is 5.88. The quantitative estimate of drug-likeness (QED) is 0.371. The van der Waals surface area contributed by atoms with E-state index < -0.39 is 35.9 Å². The number of hydrogen-bond donors (Lipinski definition) is 5. The summed E-state index contributed by atoms with van der Waals surface area (Å²) in [6.45, 7) is 4.78. The molecule has 2 saturated heterocycles. The van der Waals surface area contributed by atoms with Crippen LogP contribution in [0.5, 0.6) is 0 Å². The van der Waals surface area contributed by atoms with Gasteiger partial charge < -0.3 is 30.7 Å². The smallest absolute Gasteiger partial charge is 0.237 e. The Kier molecular flexibility index (Phi) is 7.66. The molecule has 0 radical (unpaired) electrons. The van der Waals surface area contributed by atoms with Crippen molar-refractivity contribution in [2.24, 2.45) is 17.8 Å². The molecule has 8 atom stereocenters. The van der Waals surface area contributed by atoms with Gasteiger partial charge in [-0.3, -0.25) is 4.79 Å². The number of carbonyl (C=O) groups excluding carboxylic acids is 1. The van der Waals surface area contributed by atoms with Crippen molar-refractivity contribution >= 4 is 17.7 Å². The topological polar surface area (TPSA) is 111 Å². The molecule has 7 nitrogen and oxygen atoms in total. The van der Waals surface area contributed by atoms with Crippen LogP contribution in [-0.4, -0.2) is 76.0 Å². The van der Waals surface area contributed by atoms with Gasteiger partial charge in [-0.1, -0.05) is 39.5 Å². The van der Waals surface area contributed by atoms with E-state index in [1.165, 1.54) is 37.4 Å². The predicted molar refractivity (Wildman–Crippen MR) is 109 cm³/mol. The molecule has 1 amide bonds. The molecule has 0 spiro atoms. The normalized spacial score (nSPS) is 39.5. The molecule has 1 saturated carbocycles. The number of rotatable bonds is 9. The lowest BCUT2D eigenvalue weighted by atomic mass is 9.84. The van der Waals surface area contributed by atoms with Crippen molar-refractivity contribution in [3.63, 3.8) is 0 Å². The van der Waals surface area contributed by atoms with Crippen molar-refractivity contribution in [2.75, 3.05) is 12.8 Å². The molecule has 28 heavy (non-hydrogen) atoms. The van der Waals surface area contributed by atoms with Gasteiger partial charge in [-0.05, 0) is 30.4 Å². The maximum atomic E-state index is 12.9. The van der Waals surface area contributed by atoms with Gasteiger partial charge >= 0.3 is 0 Å². The molecule has 0 aromatic heterocycles. The van der Waals surface area contributed by atoms with E-state index in [9.17, 15) is 20.1 Å².